The second-order valence-electron chi connectivity index (χ2n) is 11.4. The molecule has 0 aliphatic heterocycles. The third-order valence-corrected chi connectivity index (χ3v) is 8.53. The molecule has 0 atom stereocenters. The van der Waals surface area contributed by atoms with E-state index in [0.717, 1.165) is 18.4 Å². The maximum absolute atomic E-state index is 11.6. The van der Waals surface area contributed by atoms with Crippen LogP contribution in [0.3, 0.4) is 0 Å². The molecule has 0 aliphatic rings. The molecule has 0 aliphatic carbocycles. The highest BCUT2D eigenvalue weighted by molar-refractivity contribution is 5.58. The summed E-state index contributed by atoms with van der Waals surface area (Å²) in [6, 6.07) is 47.5. The molecule has 0 aromatic heterocycles. The summed E-state index contributed by atoms with van der Waals surface area (Å²) in [5.41, 5.74) is 8.62. The van der Waals surface area contributed by atoms with E-state index in [2.05, 4.69) is 134 Å². The number of unbranched alkanes of at least 4 members (excludes halogenated alkanes) is 6. The number of rotatable bonds is 14. The van der Waals surface area contributed by atoms with E-state index in [4.69, 9.17) is 0 Å². The van der Waals surface area contributed by atoms with Crippen molar-refractivity contribution in [1.82, 2.24) is 0 Å². The molecule has 0 spiro atoms. The summed E-state index contributed by atoms with van der Waals surface area (Å²) in [5.74, 6) is 0.464. The molecular formula is C41H44O. The molecule has 1 nitrogen and oxygen atoms in total. The molecule has 0 fully saturated rings. The van der Waals surface area contributed by atoms with Crippen molar-refractivity contribution in [3.8, 4) is 5.75 Å². The van der Waals surface area contributed by atoms with Crippen molar-refractivity contribution in [3.63, 3.8) is 0 Å². The highest BCUT2D eigenvalue weighted by Gasteiger charge is 2.29. The first-order chi connectivity index (χ1) is 20.8. The Hall–Kier alpha value is -4.10. The minimum absolute atomic E-state index is 0.00368. The fourth-order valence-corrected chi connectivity index (χ4v) is 6.44. The highest BCUT2D eigenvalue weighted by atomic mass is 16.3. The lowest BCUT2D eigenvalue weighted by molar-refractivity contribution is 0.463. The van der Waals surface area contributed by atoms with Gasteiger partial charge < -0.3 is 5.11 Å². The normalized spacial score (nSPS) is 11.3. The molecular weight excluding hydrogens is 508 g/mol. The number of phenolic OH excluding ortho intramolecular Hbond substituents is 1. The summed E-state index contributed by atoms with van der Waals surface area (Å²) < 4.78 is 0. The Morgan fingerprint density at radius 2 is 0.857 bits per heavy atom. The van der Waals surface area contributed by atoms with Gasteiger partial charge in [0.25, 0.3) is 0 Å². The predicted molar refractivity (Wildman–Crippen MR) is 177 cm³/mol. The van der Waals surface area contributed by atoms with E-state index in [9.17, 15) is 5.11 Å². The van der Waals surface area contributed by atoms with Gasteiger partial charge in [-0.2, -0.15) is 0 Å². The molecule has 1 N–H and O–H groups in total. The number of hydrogen-bond acceptors (Lipinski definition) is 1. The van der Waals surface area contributed by atoms with E-state index in [-0.39, 0.29) is 11.8 Å². The van der Waals surface area contributed by atoms with Gasteiger partial charge in [0.15, 0.2) is 0 Å². The fraction of sp³-hybridized carbons (Fsp3) is 0.268. The van der Waals surface area contributed by atoms with Crippen molar-refractivity contribution in [2.24, 2.45) is 0 Å². The Balaban J connectivity index is 1.68. The van der Waals surface area contributed by atoms with Crippen LogP contribution in [0.2, 0.25) is 0 Å². The molecule has 0 unspecified atom stereocenters. The van der Waals surface area contributed by atoms with Gasteiger partial charge in [0, 0.05) is 11.8 Å². The second kappa shape index (κ2) is 15.2. The Bertz CT molecular complexity index is 1400. The zero-order valence-corrected chi connectivity index (χ0v) is 25.0. The number of phenols is 1. The summed E-state index contributed by atoms with van der Waals surface area (Å²) in [6.07, 6.45) is 9.61. The van der Waals surface area contributed by atoms with Crippen LogP contribution in [0.4, 0.5) is 0 Å². The molecule has 0 heterocycles. The smallest absolute Gasteiger partial charge is 0.119 e. The second-order valence-corrected chi connectivity index (χ2v) is 11.4. The van der Waals surface area contributed by atoms with Crippen molar-refractivity contribution < 1.29 is 5.11 Å². The van der Waals surface area contributed by atoms with E-state index in [1.165, 1.54) is 71.9 Å². The van der Waals surface area contributed by atoms with Crippen molar-refractivity contribution in [1.29, 1.82) is 0 Å². The van der Waals surface area contributed by atoms with Crippen LogP contribution in [0, 0.1) is 0 Å². The SMILES string of the molecule is CCCCCCCCCc1c(O)ccc(C(c2ccccc2)c2ccccc2)c1C(c1ccccc1)c1ccccc1. The van der Waals surface area contributed by atoms with Crippen LogP contribution in [0.25, 0.3) is 0 Å². The van der Waals surface area contributed by atoms with Crippen LogP contribution < -0.4 is 0 Å². The van der Waals surface area contributed by atoms with Crippen LogP contribution >= 0.6 is 0 Å². The average molecular weight is 553 g/mol. The molecule has 0 bridgehead atoms. The van der Waals surface area contributed by atoms with Crippen LogP contribution in [-0.2, 0) is 6.42 Å². The van der Waals surface area contributed by atoms with Gasteiger partial charge in [-0.15, -0.1) is 0 Å². The topological polar surface area (TPSA) is 20.2 Å². The minimum Gasteiger partial charge on any atom is -0.508 e. The van der Waals surface area contributed by atoms with Gasteiger partial charge in [-0.05, 0) is 57.9 Å². The van der Waals surface area contributed by atoms with Crippen molar-refractivity contribution in [3.05, 3.63) is 172 Å². The maximum atomic E-state index is 11.6. The quantitative estimate of drug-likeness (QED) is 0.107. The fourth-order valence-electron chi connectivity index (χ4n) is 6.44. The van der Waals surface area contributed by atoms with E-state index in [0.29, 0.717) is 5.75 Å². The summed E-state index contributed by atoms with van der Waals surface area (Å²) in [5, 5.41) is 11.6. The summed E-state index contributed by atoms with van der Waals surface area (Å²) in [6.45, 7) is 2.27. The predicted octanol–water partition coefficient (Wildman–Crippen LogP) is 11.0. The van der Waals surface area contributed by atoms with Gasteiger partial charge in [-0.1, -0.05) is 173 Å². The first kappa shape index (κ1) is 29.4. The van der Waals surface area contributed by atoms with Gasteiger partial charge in [-0.25, -0.2) is 0 Å². The van der Waals surface area contributed by atoms with Gasteiger partial charge in [0.1, 0.15) is 5.75 Å². The third-order valence-electron chi connectivity index (χ3n) is 8.53. The lowest BCUT2D eigenvalue weighted by Gasteiger charge is -2.30. The standard InChI is InChI=1S/C41H44O/c1-2-3-4-5-6-7-20-29-36-38(42)31-30-37(39(32-21-12-8-13-22-32)33-23-14-9-15-24-33)41(36)40(34-25-16-10-17-26-34)35-27-18-11-19-28-35/h8-19,21-28,30-31,39-40,42H,2-7,20,29H2,1H3. The van der Waals surface area contributed by atoms with Crippen LogP contribution in [0.15, 0.2) is 133 Å². The number of benzene rings is 5. The Kier molecular flexibility index (Phi) is 10.7. The monoisotopic (exact) mass is 552 g/mol. The molecule has 5 rings (SSSR count). The lowest BCUT2D eigenvalue weighted by Crippen LogP contribution is -2.15. The number of hydrogen-bond donors (Lipinski definition) is 1. The van der Waals surface area contributed by atoms with Gasteiger partial charge in [-0.3, -0.25) is 0 Å². The van der Waals surface area contributed by atoms with Crippen LogP contribution in [0.1, 0.15) is 103 Å². The Morgan fingerprint density at radius 1 is 0.452 bits per heavy atom. The van der Waals surface area contributed by atoms with Crippen molar-refractivity contribution in [2.45, 2.75) is 70.1 Å². The van der Waals surface area contributed by atoms with Gasteiger partial charge in [0.2, 0.25) is 0 Å². The largest absolute Gasteiger partial charge is 0.508 e. The van der Waals surface area contributed by atoms with Crippen LogP contribution in [0.5, 0.6) is 5.75 Å². The molecule has 1 heteroatoms. The zero-order chi connectivity index (χ0) is 29.0. The first-order valence-electron chi connectivity index (χ1n) is 15.8. The molecule has 0 amide bonds. The highest BCUT2D eigenvalue weighted by Crippen LogP contribution is 2.45. The van der Waals surface area contributed by atoms with E-state index < -0.39 is 0 Å². The van der Waals surface area contributed by atoms with Gasteiger partial charge >= 0.3 is 0 Å². The molecule has 0 radical (unpaired) electrons. The molecule has 0 saturated heterocycles. The molecule has 5 aromatic carbocycles. The maximum Gasteiger partial charge on any atom is 0.119 e. The number of aromatic hydroxyl groups is 1. The van der Waals surface area contributed by atoms with Crippen molar-refractivity contribution in [2.75, 3.05) is 0 Å². The molecule has 214 valence electrons. The Labute approximate surface area is 252 Å². The summed E-state index contributed by atoms with van der Waals surface area (Å²) in [7, 11) is 0. The third kappa shape index (κ3) is 7.21. The minimum atomic E-state index is 0.00368. The van der Waals surface area contributed by atoms with Crippen LogP contribution in [-0.4, -0.2) is 5.11 Å². The van der Waals surface area contributed by atoms with E-state index >= 15 is 0 Å². The first-order valence-corrected chi connectivity index (χ1v) is 15.8. The molecule has 0 saturated carbocycles. The lowest BCUT2D eigenvalue weighted by atomic mass is 9.73. The van der Waals surface area contributed by atoms with Crippen molar-refractivity contribution >= 4 is 0 Å². The van der Waals surface area contributed by atoms with E-state index in [1.54, 1.807) is 0 Å². The summed E-state index contributed by atoms with van der Waals surface area (Å²) >= 11 is 0. The molecule has 42 heavy (non-hydrogen) atoms. The van der Waals surface area contributed by atoms with Gasteiger partial charge in [0.05, 0.1) is 0 Å². The molecule has 5 aromatic rings. The van der Waals surface area contributed by atoms with E-state index in [1.807, 2.05) is 6.07 Å². The average Bonchev–Trinajstić information content (AvgIpc) is 3.05. The Morgan fingerprint density at radius 3 is 1.31 bits per heavy atom. The zero-order valence-electron chi connectivity index (χ0n) is 25.0. The summed E-state index contributed by atoms with van der Waals surface area (Å²) in [4.78, 5) is 0.